The van der Waals surface area contributed by atoms with Crippen LogP contribution in [0.1, 0.15) is 19.3 Å². The highest BCUT2D eigenvalue weighted by Crippen LogP contribution is 2.22. The molecule has 0 rings (SSSR count). The SMILES string of the molecule is O=C(Cl)CCSCCCC(F)(F)F. The van der Waals surface area contributed by atoms with Crippen molar-refractivity contribution >= 4 is 28.6 Å². The Morgan fingerprint density at radius 2 is 1.92 bits per heavy atom. The largest absolute Gasteiger partial charge is 0.389 e. The lowest BCUT2D eigenvalue weighted by atomic mass is 10.3. The Morgan fingerprint density at radius 1 is 1.31 bits per heavy atom. The number of halogens is 4. The van der Waals surface area contributed by atoms with E-state index in [1.54, 1.807) is 0 Å². The lowest BCUT2D eigenvalue weighted by Crippen LogP contribution is -2.07. The van der Waals surface area contributed by atoms with E-state index in [9.17, 15) is 18.0 Å². The van der Waals surface area contributed by atoms with Crippen LogP contribution in [0.4, 0.5) is 13.2 Å². The molecule has 0 aromatic heterocycles. The van der Waals surface area contributed by atoms with Gasteiger partial charge in [0.25, 0.3) is 0 Å². The third-order valence-electron chi connectivity index (χ3n) is 1.19. The van der Waals surface area contributed by atoms with Crippen LogP contribution in [-0.2, 0) is 4.79 Å². The number of hydrogen-bond acceptors (Lipinski definition) is 2. The maximum Gasteiger partial charge on any atom is 0.389 e. The highest BCUT2D eigenvalue weighted by Gasteiger charge is 2.25. The number of alkyl halides is 3. The molecular formula is C7H10ClF3OS. The predicted molar refractivity (Wildman–Crippen MR) is 48.1 cm³/mol. The zero-order valence-electron chi connectivity index (χ0n) is 6.86. The van der Waals surface area contributed by atoms with E-state index >= 15 is 0 Å². The quantitative estimate of drug-likeness (QED) is 0.519. The van der Waals surface area contributed by atoms with Crippen LogP contribution in [-0.4, -0.2) is 22.9 Å². The summed E-state index contributed by atoms with van der Waals surface area (Å²) in [5.74, 6) is 0.921. The van der Waals surface area contributed by atoms with Gasteiger partial charge < -0.3 is 0 Å². The van der Waals surface area contributed by atoms with Gasteiger partial charge >= 0.3 is 6.18 Å². The molecular weight excluding hydrogens is 225 g/mol. The molecule has 78 valence electrons. The van der Waals surface area contributed by atoms with Gasteiger partial charge in [-0.15, -0.1) is 0 Å². The van der Waals surface area contributed by atoms with Crippen LogP contribution in [0.15, 0.2) is 0 Å². The van der Waals surface area contributed by atoms with Crippen molar-refractivity contribution in [1.29, 1.82) is 0 Å². The smallest absolute Gasteiger partial charge is 0.281 e. The molecule has 13 heavy (non-hydrogen) atoms. The molecule has 0 aromatic rings. The normalized spacial score (nSPS) is 11.7. The van der Waals surface area contributed by atoms with Crippen molar-refractivity contribution < 1.29 is 18.0 Å². The molecule has 0 heterocycles. The van der Waals surface area contributed by atoms with E-state index in [2.05, 4.69) is 0 Å². The third kappa shape index (κ3) is 12.1. The van der Waals surface area contributed by atoms with Crippen molar-refractivity contribution in [2.75, 3.05) is 11.5 Å². The topological polar surface area (TPSA) is 17.1 Å². The number of rotatable bonds is 6. The molecule has 0 fully saturated rings. The van der Waals surface area contributed by atoms with Crippen LogP contribution in [0.2, 0.25) is 0 Å². The van der Waals surface area contributed by atoms with Crippen molar-refractivity contribution in [3.05, 3.63) is 0 Å². The van der Waals surface area contributed by atoms with E-state index < -0.39 is 17.8 Å². The summed E-state index contributed by atoms with van der Waals surface area (Å²) >= 11 is 6.35. The minimum atomic E-state index is -4.07. The summed E-state index contributed by atoms with van der Waals surface area (Å²) in [6, 6.07) is 0. The monoisotopic (exact) mass is 234 g/mol. The van der Waals surface area contributed by atoms with E-state index in [-0.39, 0.29) is 12.8 Å². The first-order valence-electron chi connectivity index (χ1n) is 3.74. The Labute approximate surface area is 84.0 Å². The first-order chi connectivity index (χ1) is 5.92. The van der Waals surface area contributed by atoms with Gasteiger partial charge in [0.15, 0.2) is 0 Å². The zero-order chi connectivity index (χ0) is 10.3. The molecule has 6 heteroatoms. The molecule has 0 aliphatic heterocycles. The fourth-order valence-electron chi connectivity index (χ4n) is 0.629. The Hall–Kier alpha value is 0.1000. The standard InChI is InChI=1S/C7H10ClF3OS/c8-6(12)2-5-13-4-1-3-7(9,10)11/h1-5H2. The maximum atomic E-state index is 11.6. The van der Waals surface area contributed by atoms with Gasteiger partial charge in [0.2, 0.25) is 5.24 Å². The summed E-state index contributed by atoms with van der Waals surface area (Å²) in [7, 11) is 0. The molecule has 0 saturated carbocycles. The van der Waals surface area contributed by atoms with Gasteiger partial charge in [-0.2, -0.15) is 24.9 Å². The average molecular weight is 235 g/mol. The van der Waals surface area contributed by atoms with Crippen molar-refractivity contribution in [3.63, 3.8) is 0 Å². The van der Waals surface area contributed by atoms with Gasteiger partial charge in [0.1, 0.15) is 0 Å². The fraction of sp³-hybridized carbons (Fsp3) is 0.857. The molecule has 0 aromatic carbocycles. The molecule has 0 saturated heterocycles. The number of carbonyl (C=O) groups is 1. The summed E-state index contributed by atoms with van der Waals surface area (Å²) in [5.41, 5.74) is 0. The van der Waals surface area contributed by atoms with E-state index in [1.807, 2.05) is 0 Å². The van der Waals surface area contributed by atoms with Gasteiger partial charge in [-0.05, 0) is 23.8 Å². The van der Waals surface area contributed by atoms with Gasteiger partial charge in [-0.3, -0.25) is 4.79 Å². The van der Waals surface area contributed by atoms with Gasteiger partial charge in [-0.25, -0.2) is 0 Å². The van der Waals surface area contributed by atoms with Crippen LogP contribution in [0.3, 0.4) is 0 Å². The summed E-state index contributed by atoms with van der Waals surface area (Å²) in [6.45, 7) is 0. The van der Waals surface area contributed by atoms with Gasteiger partial charge in [0, 0.05) is 18.6 Å². The zero-order valence-corrected chi connectivity index (χ0v) is 8.44. The molecule has 0 radical (unpaired) electrons. The second kappa shape index (κ2) is 6.54. The highest BCUT2D eigenvalue weighted by molar-refractivity contribution is 7.99. The lowest BCUT2D eigenvalue weighted by molar-refractivity contribution is -0.134. The summed E-state index contributed by atoms with van der Waals surface area (Å²) < 4.78 is 34.8. The molecule has 0 spiro atoms. The Balaban J connectivity index is 3.13. The predicted octanol–water partition coefficient (Wildman–Crippen LogP) is 3.22. The average Bonchev–Trinajstić information content (AvgIpc) is 1.93. The van der Waals surface area contributed by atoms with Crippen molar-refractivity contribution in [2.45, 2.75) is 25.4 Å². The van der Waals surface area contributed by atoms with Crippen LogP contribution in [0, 0.1) is 0 Å². The number of carbonyl (C=O) groups excluding carboxylic acids is 1. The first kappa shape index (κ1) is 13.1. The molecule has 0 unspecified atom stereocenters. The maximum absolute atomic E-state index is 11.6. The highest BCUT2D eigenvalue weighted by atomic mass is 35.5. The first-order valence-corrected chi connectivity index (χ1v) is 5.28. The summed E-state index contributed by atoms with van der Waals surface area (Å²) in [6.07, 6.45) is -4.50. The van der Waals surface area contributed by atoms with E-state index in [1.165, 1.54) is 11.8 Å². The minimum Gasteiger partial charge on any atom is -0.281 e. The second-order valence-corrected chi connectivity index (χ2v) is 4.08. The second-order valence-electron chi connectivity index (χ2n) is 2.44. The van der Waals surface area contributed by atoms with E-state index in [4.69, 9.17) is 11.6 Å². The molecule has 0 amide bonds. The van der Waals surface area contributed by atoms with Crippen LogP contribution in [0.25, 0.3) is 0 Å². The summed E-state index contributed by atoms with van der Waals surface area (Å²) in [4.78, 5) is 10.2. The number of thioether (sulfide) groups is 1. The molecule has 0 N–H and O–H groups in total. The Morgan fingerprint density at radius 3 is 2.38 bits per heavy atom. The van der Waals surface area contributed by atoms with E-state index in [0.29, 0.717) is 11.5 Å². The van der Waals surface area contributed by atoms with Crippen molar-refractivity contribution in [2.24, 2.45) is 0 Å². The van der Waals surface area contributed by atoms with Crippen molar-refractivity contribution in [3.8, 4) is 0 Å². The minimum absolute atomic E-state index is 0.102. The number of hydrogen-bond donors (Lipinski definition) is 0. The molecule has 0 aliphatic rings. The Kier molecular flexibility index (Phi) is 6.59. The lowest BCUT2D eigenvalue weighted by Gasteiger charge is -2.04. The van der Waals surface area contributed by atoms with Crippen LogP contribution >= 0.6 is 23.4 Å². The Bertz CT molecular complexity index is 160. The summed E-state index contributed by atoms with van der Waals surface area (Å²) in [5, 5.41) is -0.441. The van der Waals surface area contributed by atoms with Crippen LogP contribution < -0.4 is 0 Å². The van der Waals surface area contributed by atoms with E-state index in [0.717, 1.165) is 0 Å². The molecule has 0 atom stereocenters. The third-order valence-corrected chi connectivity index (χ3v) is 2.45. The van der Waals surface area contributed by atoms with Gasteiger partial charge in [-0.1, -0.05) is 0 Å². The van der Waals surface area contributed by atoms with Crippen molar-refractivity contribution in [1.82, 2.24) is 0 Å². The fourth-order valence-corrected chi connectivity index (χ4v) is 1.72. The van der Waals surface area contributed by atoms with Crippen LogP contribution in [0.5, 0.6) is 0 Å². The molecule has 0 aliphatic carbocycles. The van der Waals surface area contributed by atoms with Gasteiger partial charge in [0.05, 0.1) is 0 Å². The molecule has 0 bridgehead atoms. The molecule has 1 nitrogen and oxygen atoms in total.